The molecule has 3 nitrogen and oxygen atoms in total. The van der Waals surface area contributed by atoms with E-state index in [1.165, 1.54) is 0 Å². The Hall–Kier alpha value is -1.22. The molecule has 0 atom stereocenters. The van der Waals surface area contributed by atoms with Crippen LogP contribution in [0.15, 0.2) is 24.3 Å². The summed E-state index contributed by atoms with van der Waals surface area (Å²) in [6, 6.07) is 7.80. The van der Waals surface area contributed by atoms with Gasteiger partial charge in [0.1, 0.15) is 5.75 Å². The van der Waals surface area contributed by atoms with Gasteiger partial charge < -0.3 is 15.4 Å². The highest BCUT2D eigenvalue weighted by atomic mass is 16.5. The lowest BCUT2D eigenvalue weighted by Gasteiger charge is -2.18. The third-order valence-electron chi connectivity index (χ3n) is 1.77. The van der Waals surface area contributed by atoms with E-state index >= 15 is 0 Å². The van der Waals surface area contributed by atoms with Gasteiger partial charge in [0, 0.05) is 7.05 Å². The fraction of sp³-hybridized carbons (Fsp3) is 0.333. The van der Waals surface area contributed by atoms with Crippen molar-refractivity contribution in [3.63, 3.8) is 0 Å². The van der Waals surface area contributed by atoms with Gasteiger partial charge in [-0.1, -0.05) is 12.1 Å². The fourth-order valence-corrected chi connectivity index (χ4v) is 1.04. The minimum atomic E-state index is 0.486. The second-order valence-corrected chi connectivity index (χ2v) is 2.55. The summed E-state index contributed by atoms with van der Waals surface area (Å²) in [7, 11) is 3.58. The first-order valence-corrected chi connectivity index (χ1v) is 3.84. The normalized spacial score (nSPS) is 9.58. The van der Waals surface area contributed by atoms with Crippen LogP contribution >= 0.6 is 0 Å². The molecule has 0 heterocycles. The summed E-state index contributed by atoms with van der Waals surface area (Å²) in [5.41, 5.74) is 6.51. The van der Waals surface area contributed by atoms with Crippen LogP contribution in [0.5, 0.6) is 5.75 Å². The van der Waals surface area contributed by atoms with E-state index in [2.05, 4.69) is 0 Å². The summed E-state index contributed by atoms with van der Waals surface area (Å²) in [6.07, 6.45) is 0. The Bertz CT molecular complexity index is 250. The summed E-state index contributed by atoms with van der Waals surface area (Å²) >= 11 is 0. The molecule has 0 spiro atoms. The molecular formula is C9H14N2O. The maximum Gasteiger partial charge on any atom is 0.142 e. The molecule has 0 radical (unpaired) electrons. The molecule has 0 aliphatic carbocycles. The molecule has 3 heteroatoms. The van der Waals surface area contributed by atoms with E-state index in [4.69, 9.17) is 10.5 Å². The number of nitrogens with zero attached hydrogens (tertiary/aromatic N) is 1. The molecule has 0 unspecified atom stereocenters. The van der Waals surface area contributed by atoms with Crippen LogP contribution in [0.25, 0.3) is 0 Å². The van der Waals surface area contributed by atoms with Crippen LogP contribution < -0.4 is 15.4 Å². The van der Waals surface area contributed by atoms with Crippen molar-refractivity contribution < 1.29 is 4.74 Å². The molecule has 0 saturated carbocycles. The second-order valence-electron chi connectivity index (χ2n) is 2.55. The zero-order valence-corrected chi connectivity index (χ0v) is 7.45. The van der Waals surface area contributed by atoms with Crippen LogP contribution in [0.2, 0.25) is 0 Å². The Morgan fingerprint density at radius 3 is 2.67 bits per heavy atom. The van der Waals surface area contributed by atoms with Gasteiger partial charge in [-0.05, 0) is 12.1 Å². The molecule has 0 aliphatic rings. The number of ether oxygens (including phenoxy) is 1. The smallest absolute Gasteiger partial charge is 0.142 e. The average molecular weight is 166 g/mol. The molecule has 1 rings (SSSR count). The molecule has 0 fully saturated rings. The minimum absolute atomic E-state index is 0.486. The predicted octanol–water partition coefficient (Wildman–Crippen LogP) is 1.05. The van der Waals surface area contributed by atoms with Crippen LogP contribution in [0, 0.1) is 0 Å². The number of hydrogen-bond acceptors (Lipinski definition) is 3. The number of methoxy groups -OCH3 is 1. The predicted molar refractivity (Wildman–Crippen MR) is 50.5 cm³/mol. The number of para-hydroxylation sites is 2. The zero-order valence-electron chi connectivity index (χ0n) is 7.45. The number of benzene rings is 1. The van der Waals surface area contributed by atoms with Gasteiger partial charge in [-0.15, -0.1) is 0 Å². The molecule has 2 N–H and O–H groups in total. The summed E-state index contributed by atoms with van der Waals surface area (Å²) in [5.74, 6) is 0.852. The van der Waals surface area contributed by atoms with Gasteiger partial charge in [-0.2, -0.15) is 0 Å². The van der Waals surface area contributed by atoms with Crippen molar-refractivity contribution >= 4 is 5.69 Å². The van der Waals surface area contributed by atoms with Crippen molar-refractivity contribution in [2.24, 2.45) is 5.73 Å². The number of nitrogens with two attached hydrogens (primary N) is 1. The lowest BCUT2D eigenvalue weighted by molar-refractivity contribution is 0.415. The van der Waals surface area contributed by atoms with Gasteiger partial charge in [0.05, 0.1) is 19.5 Å². The van der Waals surface area contributed by atoms with Crippen molar-refractivity contribution in [2.75, 3.05) is 25.7 Å². The monoisotopic (exact) mass is 166 g/mol. The van der Waals surface area contributed by atoms with Gasteiger partial charge in [0.15, 0.2) is 0 Å². The largest absolute Gasteiger partial charge is 0.495 e. The maximum atomic E-state index is 5.50. The molecule has 0 aromatic heterocycles. The molecule has 66 valence electrons. The second kappa shape index (κ2) is 3.97. The fourth-order valence-electron chi connectivity index (χ4n) is 1.04. The highest BCUT2D eigenvalue weighted by Crippen LogP contribution is 2.25. The molecular weight excluding hydrogens is 152 g/mol. The van der Waals surface area contributed by atoms with Gasteiger partial charge in [-0.25, -0.2) is 0 Å². The highest BCUT2D eigenvalue weighted by Gasteiger charge is 2.03. The first kappa shape index (κ1) is 8.87. The van der Waals surface area contributed by atoms with Crippen molar-refractivity contribution in [1.29, 1.82) is 0 Å². The van der Waals surface area contributed by atoms with Crippen molar-refractivity contribution in [3.8, 4) is 5.75 Å². The average Bonchev–Trinajstić information content (AvgIpc) is 2.16. The Labute approximate surface area is 72.7 Å². The summed E-state index contributed by atoms with van der Waals surface area (Å²) in [6.45, 7) is 0.486. The van der Waals surface area contributed by atoms with Crippen LogP contribution in [0.4, 0.5) is 5.69 Å². The third kappa shape index (κ3) is 1.68. The van der Waals surface area contributed by atoms with Crippen LogP contribution in [-0.4, -0.2) is 20.8 Å². The Kier molecular flexibility index (Phi) is 2.94. The first-order valence-electron chi connectivity index (χ1n) is 3.84. The van der Waals surface area contributed by atoms with E-state index in [0.29, 0.717) is 6.67 Å². The molecule has 0 amide bonds. The SMILES string of the molecule is COc1ccccc1N(C)CN. The highest BCUT2D eigenvalue weighted by molar-refractivity contribution is 5.57. The topological polar surface area (TPSA) is 38.5 Å². The van der Waals surface area contributed by atoms with Gasteiger partial charge in [0.2, 0.25) is 0 Å². The summed E-state index contributed by atoms with van der Waals surface area (Å²) in [5, 5.41) is 0. The molecule has 0 bridgehead atoms. The first-order chi connectivity index (χ1) is 5.79. The van der Waals surface area contributed by atoms with Crippen molar-refractivity contribution in [2.45, 2.75) is 0 Å². The molecule has 0 aliphatic heterocycles. The van der Waals surface area contributed by atoms with E-state index in [1.54, 1.807) is 7.11 Å². The van der Waals surface area contributed by atoms with Gasteiger partial charge >= 0.3 is 0 Å². The van der Waals surface area contributed by atoms with E-state index in [1.807, 2.05) is 36.2 Å². The Balaban J connectivity index is 2.96. The number of rotatable bonds is 3. The zero-order chi connectivity index (χ0) is 8.97. The summed E-state index contributed by atoms with van der Waals surface area (Å²) < 4.78 is 5.17. The van der Waals surface area contributed by atoms with Gasteiger partial charge in [-0.3, -0.25) is 0 Å². The quantitative estimate of drug-likeness (QED) is 0.682. The van der Waals surface area contributed by atoms with E-state index in [-0.39, 0.29) is 0 Å². The molecule has 1 aromatic carbocycles. The minimum Gasteiger partial charge on any atom is -0.495 e. The van der Waals surface area contributed by atoms with Crippen LogP contribution in [0.1, 0.15) is 0 Å². The van der Waals surface area contributed by atoms with Gasteiger partial charge in [0.25, 0.3) is 0 Å². The third-order valence-corrected chi connectivity index (χ3v) is 1.77. The lowest BCUT2D eigenvalue weighted by Crippen LogP contribution is -2.25. The molecule has 0 saturated heterocycles. The molecule has 12 heavy (non-hydrogen) atoms. The standard InChI is InChI=1S/C9H14N2O/c1-11(7-10)8-5-3-4-6-9(8)12-2/h3-6H,7,10H2,1-2H3. The van der Waals surface area contributed by atoms with Crippen molar-refractivity contribution in [1.82, 2.24) is 0 Å². The van der Waals surface area contributed by atoms with Crippen molar-refractivity contribution in [3.05, 3.63) is 24.3 Å². The van der Waals surface area contributed by atoms with E-state index in [9.17, 15) is 0 Å². The Morgan fingerprint density at radius 1 is 1.42 bits per heavy atom. The summed E-state index contributed by atoms with van der Waals surface area (Å²) in [4.78, 5) is 1.93. The Morgan fingerprint density at radius 2 is 2.08 bits per heavy atom. The van der Waals surface area contributed by atoms with Crippen LogP contribution in [0.3, 0.4) is 0 Å². The maximum absolute atomic E-state index is 5.50. The number of hydrogen-bond donors (Lipinski definition) is 1. The van der Waals surface area contributed by atoms with Crippen LogP contribution in [-0.2, 0) is 0 Å². The molecule has 1 aromatic rings. The lowest BCUT2D eigenvalue weighted by atomic mass is 10.3. The van der Waals surface area contributed by atoms with E-state index < -0.39 is 0 Å². The number of anilines is 1. The van der Waals surface area contributed by atoms with E-state index in [0.717, 1.165) is 11.4 Å².